The summed E-state index contributed by atoms with van der Waals surface area (Å²) in [6.45, 7) is 37.3. The molecule has 0 saturated carbocycles. The molecule has 0 saturated heterocycles. The molecule has 9 heteroatoms. The zero-order valence-corrected chi connectivity index (χ0v) is 52.4. The maximum absolute atomic E-state index is 7.17. The van der Waals surface area contributed by atoms with Gasteiger partial charge < -0.3 is 42.6 Å². The maximum Gasteiger partial charge on any atom is 0.126 e. The molecule has 0 spiro atoms. The first kappa shape index (κ1) is 60.9. The van der Waals surface area contributed by atoms with Gasteiger partial charge in [-0.1, -0.05) is 171 Å². The van der Waals surface area contributed by atoms with Crippen LogP contribution >= 0.6 is 0 Å². The lowest BCUT2D eigenvalue weighted by Gasteiger charge is -2.29. The van der Waals surface area contributed by atoms with Gasteiger partial charge in [-0.2, -0.15) is 0 Å². The van der Waals surface area contributed by atoms with E-state index in [4.69, 9.17) is 42.6 Å². The van der Waals surface area contributed by atoms with Crippen LogP contribution in [-0.2, 0) is 68.7 Å². The molecule has 436 valence electrons. The van der Waals surface area contributed by atoms with Gasteiger partial charge in [0.15, 0.2) is 0 Å². The highest BCUT2D eigenvalue weighted by atomic mass is 16.6. The molecule has 6 aromatic carbocycles. The highest BCUT2D eigenvalue weighted by Crippen LogP contribution is 2.45. The van der Waals surface area contributed by atoms with Gasteiger partial charge in [-0.15, -0.1) is 0 Å². The van der Waals surface area contributed by atoms with E-state index in [-0.39, 0.29) is 27.1 Å². The van der Waals surface area contributed by atoms with Crippen molar-refractivity contribution in [3.05, 3.63) is 168 Å². The first-order chi connectivity index (χ1) is 38.1. The summed E-state index contributed by atoms with van der Waals surface area (Å²) in [5, 5.41) is 0. The summed E-state index contributed by atoms with van der Waals surface area (Å²) in [6, 6.07) is 31.3. The molecule has 14 bridgehead atoms. The molecule has 0 radical (unpaired) electrons. The molecule has 2 aliphatic rings. The number of fused-ring (bicyclic) bond motifs is 6. The lowest BCUT2D eigenvalue weighted by molar-refractivity contribution is 0.0743. The summed E-state index contributed by atoms with van der Waals surface area (Å²) in [5.41, 5.74) is 16.1. The molecule has 1 heterocycles. The van der Waals surface area contributed by atoms with Crippen LogP contribution < -0.4 is 33.2 Å². The van der Waals surface area contributed by atoms with Crippen LogP contribution in [0.5, 0.6) is 40.2 Å². The third kappa shape index (κ3) is 14.9. The Morgan fingerprint density at radius 1 is 0.284 bits per heavy atom. The Balaban J connectivity index is 1.48. The Morgan fingerprint density at radius 3 is 0.741 bits per heavy atom. The average Bonchev–Trinajstić information content (AvgIpc) is 3.52. The smallest absolute Gasteiger partial charge is 0.126 e. The van der Waals surface area contributed by atoms with Crippen molar-refractivity contribution in [2.24, 2.45) is 0 Å². The summed E-state index contributed by atoms with van der Waals surface area (Å²) in [7, 11) is 5.45. The van der Waals surface area contributed by atoms with E-state index in [0.29, 0.717) is 96.5 Å². The predicted molar refractivity (Wildman–Crippen MR) is 329 cm³/mol. The molecule has 1 aliphatic heterocycles. The van der Waals surface area contributed by atoms with Gasteiger partial charge in [-0.05, 0) is 123 Å². The number of rotatable bonds is 3. The molecule has 0 unspecified atom stereocenters. The largest absolute Gasteiger partial charge is 0.496 e. The van der Waals surface area contributed by atoms with E-state index in [1.807, 2.05) is 45.6 Å². The van der Waals surface area contributed by atoms with Gasteiger partial charge in [0.1, 0.15) is 66.7 Å². The van der Waals surface area contributed by atoms with E-state index in [0.717, 1.165) is 84.4 Å². The molecule has 9 nitrogen and oxygen atoms in total. The number of methoxy groups -OCH3 is 3. The normalized spacial score (nSPS) is 15.4. The van der Waals surface area contributed by atoms with Crippen molar-refractivity contribution in [3.63, 3.8) is 0 Å². The summed E-state index contributed by atoms with van der Waals surface area (Å²) in [6.07, 6.45) is 2.85. The molecule has 8 rings (SSSR count). The molecule has 0 N–H and O–H groups in total. The second kappa shape index (κ2) is 24.7. The molecule has 81 heavy (non-hydrogen) atoms. The van der Waals surface area contributed by atoms with Gasteiger partial charge in [0.05, 0.1) is 47.8 Å². The van der Waals surface area contributed by atoms with Crippen LogP contribution in [0.15, 0.2) is 84.9 Å². The van der Waals surface area contributed by atoms with Crippen LogP contribution in [0.3, 0.4) is 0 Å². The van der Waals surface area contributed by atoms with Gasteiger partial charge in [-0.3, -0.25) is 0 Å². The third-order valence-electron chi connectivity index (χ3n) is 15.8. The fourth-order valence-corrected chi connectivity index (χ4v) is 11.1. The first-order valence-electron chi connectivity index (χ1n) is 29.3. The topological polar surface area (TPSA) is 83.1 Å². The quantitative estimate of drug-likeness (QED) is 0.172. The molecule has 0 atom stereocenters. The monoisotopic (exact) mass is 1100 g/mol. The van der Waals surface area contributed by atoms with Crippen LogP contribution in [-0.4, -0.2) is 74.2 Å². The average molecular weight is 1100 g/mol. The summed E-state index contributed by atoms with van der Waals surface area (Å²) in [4.78, 5) is 0. The van der Waals surface area contributed by atoms with Crippen LogP contribution in [0, 0.1) is 0 Å². The first-order valence-corrected chi connectivity index (χ1v) is 29.3. The van der Waals surface area contributed by atoms with Crippen molar-refractivity contribution in [1.29, 1.82) is 0 Å². The standard InChI is InChI=1S/C72H94O9/c1-68(2,3)56-35-46-30-47-36-57(69(4,5)6)38-49(64(47)74-17)32-53-42-60(72(13,14)15)44-55-34-51-40-58(70(7,8)9)39-50(65(51)75-18)33-54-43-59(71(10,11)12)41-52(31-48(37-56)63(46)73-16)66(54)80-28-24-76-22-26-78-61-20-19-21-62(45-61)79-27-23-77-25-29-81-67(53)55/h19-21,35-45H,22-34H2,1-18H3. The van der Waals surface area contributed by atoms with E-state index in [1.54, 1.807) is 0 Å². The lowest BCUT2D eigenvalue weighted by atomic mass is 9.79. The molecular weight excluding hydrogens is 1010 g/mol. The van der Waals surface area contributed by atoms with Gasteiger partial charge in [0.2, 0.25) is 0 Å². The minimum Gasteiger partial charge on any atom is -0.496 e. The van der Waals surface area contributed by atoms with E-state index in [1.165, 1.54) is 27.8 Å². The summed E-state index contributed by atoms with van der Waals surface area (Å²) in [5.74, 6) is 5.68. The van der Waals surface area contributed by atoms with Gasteiger partial charge >= 0.3 is 0 Å². The number of hydrogen-bond acceptors (Lipinski definition) is 9. The Morgan fingerprint density at radius 2 is 0.506 bits per heavy atom. The fraction of sp³-hybridized carbons (Fsp3) is 0.500. The van der Waals surface area contributed by atoms with E-state index < -0.39 is 0 Å². The van der Waals surface area contributed by atoms with Crippen LogP contribution in [0.25, 0.3) is 0 Å². The van der Waals surface area contributed by atoms with Crippen LogP contribution in [0.2, 0.25) is 0 Å². The van der Waals surface area contributed by atoms with Crippen molar-refractivity contribution in [2.75, 3.05) is 74.2 Å². The minimum atomic E-state index is -0.197. The number of hydrogen-bond donors (Lipinski definition) is 0. The van der Waals surface area contributed by atoms with Crippen LogP contribution in [0.1, 0.15) is 187 Å². The Labute approximate surface area is 486 Å². The van der Waals surface area contributed by atoms with Crippen LogP contribution in [0.4, 0.5) is 0 Å². The molecule has 6 aromatic rings. The number of ether oxygens (including phenoxy) is 9. The Hall–Kier alpha value is -6.16. The maximum atomic E-state index is 7.17. The molecule has 0 amide bonds. The summed E-state index contributed by atoms with van der Waals surface area (Å²) >= 11 is 0. The van der Waals surface area contributed by atoms with Crippen molar-refractivity contribution >= 4 is 0 Å². The van der Waals surface area contributed by atoms with E-state index in [2.05, 4.69) is 165 Å². The van der Waals surface area contributed by atoms with Gasteiger partial charge in [0, 0.05) is 38.2 Å². The number of benzene rings is 6. The predicted octanol–water partition coefficient (Wildman–Crippen LogP) is 15.7. The van der Waals surface area contributed by atoms with Gasteiger partial charge in [0.25, 0.3) is 0 Å². The molecule has 0 fully saturated rings. The lowest BCUT2D eigenvalue weighted by Crippen LogP contribution is -2.18. The zero-order valence-electron chi connectivity index (χ0n) is 52.4. The van der Waals surface area contributed by atoms with Crippen molar-refractivity contribution in [3.8, 4) is 40.2 Å². The van der Waals surface area contributed by atoms with Crippen molar-refractivity contribution in [1.82, 2.24) is 0 Å². The highest BCUT2D eigenvalue weighted by Gasteiger charge is 2.30. The second-order valence-corrected chi connectivity index (χ2v) is 27.5. The second-order valence-electron chi connectivity index (χ2n) is 27.5. The summed E-state index contributed by atoms with van der Waals surface area (Å²) < 4.78 is 59.2. The Kier molecular flexibility index (Phi) is 18.6. The van der Waals surface area contributed by atoms with Crippen molar-refractivity contribution in [2.45, 2.75) is 163 Å². The zero-order chi connectivity index (χ0) is 58.7. The molecule has 1 aliphatic carbocycles. The minimum absolute atomic E-state index is 0.179. The van der Waals surface area contributed by atoms with E-state index in [9.17, 15) is 0 Å². The molecule has 0 aromatic heterocycles. The Bertz CT molecular complexity index is 2970. The fourth-order valence-electron chi connectivity index (χ4n) is 11.1. The van der Waals surface area contributed by atoms with Crippen molar-refractivity contribution < 1.29 is 42.6 Å². The SMILES string of the molecule is COc1c2cc(C(C)(C)C)cc1Cc1cc(C(C)(C)C)cc3c1OCCOCCOc1cccc(c1)OCCOCCOc1c(cc(C(C)(C)C)cc1Cc1cc(C(C)(C)C)cc(c1OC)C3)Cc1cc(C(C)(C)C)cc(c1OC)C2. The van der Waals surface area contributed by atoms with E-state index >= 15 is 0 Å². The third-order valence-corrected chi connectivity index (χ3v) is 15.8. The highest BCUT2D eigenvalue weighted by molar-refractivity contribution is 5.61. The molecular formula is C72H94O9. The van der Waals surface area contributed by atoms with Gasteiger partial charge in [-0.25, -0.2) is 0 Å².